The van der Waals surface area contributed by atoms with E-state index in [1.807, 2.05) is 26.8 Å². The lowest BCUT2D eigenvalue weighted by Crippen LogP contribution is -2.53. The summed E-state index contributed by atoms with van der Waals surface area (Å²) < 4.78 is 7.06. The van der Waals surface area contributed by atoms with Gasteiger partial charge < -0.3 is 19.9 Å². The minimum atomic E-state index is -0.618. The van der Waals surface area contributed by atoms with E-state index in [0.29, 0.717) is 24.3 Å². The number of amides is 3. The Labute approximate surface area is 182 Å². The van der Waals surface area contributed by atoms with Gasteiger partial charge in [-0.05, 0) is 44.5 Å². The number of piperazine rings is 1. The van der Waals surface area contributed by atoms with E-state index in [9.17, 15) is 14.4 Å². The molecule has 9 nitrogen and oxygen atoms in total. The van der Waals surface area contributed by atoms with Crippen molar-refractivity contribution in [3.8, 4) is 0 Å². The summed E-state index contributed by atoms with van der Waals surface area (Å²) >= 11 is 0. The van der Waals surface area contributed by atoms with Crippen molar-refractivity contribution in [3.63, 3.8) is 0 Å². The van der Waals surface area contributed by atoms with Crippen molar-refractivity contribution >= 4 is 17.9 Å². The van der Waals surface area contributed by atoms with Gasteiger partial charge >= 0.3 is 6.09 Å². The van der Waals surface area contributed by atoms with Crippen LogP contribution in [0.3, 0.4) is 0 Å². The highest BCUT2D eigenvalue weighted by molar-refractivity contribution is 5.95. The van der Waals surface area contributed by atoms with E-state index in [-0.39, 0.29) is 18.4 Å². The Morgan fingerprint density at radius 2 is 1.90 bits per heavy atom. The molecular weight excluding hydrogens is 398 g/mol. The fourth-order valence-electron chi connectivity index (χ4n) is 3.57. The van der Waals surface area contributed by atoms with Gasteiger partial charge in [0.15, 0.2) is 0 Å². The second kappa shape index (κ2) is 8.79. The molecule has 2 heterocycles. The van der Waals surface area contributed by atoms with Crippen molar-refractivity contribution < 1.29 is 19.1 Å². The van der Waals surface area contributed by atoms with E-state index in [2.05, 4.69) is 10.4 Å². The second-order valence-electron chi connectivity index (χ2n) is 8.49. The fourth-order valence-corrected chi connectivity index (χ4v) is 3.57. The normalized spacial score (nSPS) is 16.7. The molecule has 1 atom stereocenters. The van der Waals surface area contributed by atoms with Gasteiger partial charge in [0.1, 0.15) is 11.3 Å². The molecule has 1 aliphatic rings. The van der Waals surface area contributed by atoms with Gasteiger partial charge in [-0.2, -0.15) is 5.10 Å². The van der Waals surface area contributed by atoms with Crippen LogP contribution < -0.4 is 5.32 Å². The number of nitrogens with one attached hydrogen (secondary N) is 1. The fraction of sp³-hybridized carbons (Fsp3) is 0.455. The molecule has 1 N–H and O–H groups in total. The van der Waals surface area contributed by atoms with Crippen LogP contribution in [-0.4, -0.2) is 69.8 Å². The third-order valence-electron chi connectivity index (χ3n) is 5.09. The molecule has 1 unspecified atom stereocenters. The Morgan fingerprint density at radius 1 is 1.16 bits per heavy atom. The molecule has 9 heteroatoms. The Morgan fingerprint density at radius 3 is 2.52 bits per heavy atom. The minimum absolute atomic E-state index is 0.181. The summed E-state index contributed by atoms with van der Waals surface area (Å²) in [5.41, 5.74) is 1.10. The highest BCUT2D eigenvalue weighted by Gasteiger charge is 2.36. The van der Waals surface area contributed by atoms with E-state index in [1.165, 1.54) is 4.68 Å². The number of aromatic nitrogens is 2. The zero-order valence-corrected chi connectivity index (χ0v) is 18.6. The quantitative estimate of drug-likeness (QED) is 0.810. The highest BCUT2D eigenvalue weighted by Crippen LogP contribution is 2.29. The third kappa shape index (κ3) is 5.04. The summed E-state index contributed by atoms with van der Waals surface area (Å²) in [6.45, 7) is 6.39. The molecule has 0 bridgehead atoms. The maximum Gasteiger partial charge on any atom is 0.410 e. The molecule has 2 aromatic rings. The lowest BCUT2D eigenvalue weighted by Gasteiger charge is -2.42. The summed E-state index contributed by atoms with van der Waals surface area (Å²) in [5.74, 6) is -0.398. The summed E-state index contributed by atoms with van der Waals surface area (Å²) in [5, 5.41) is 6.71. The maximum atomic E-state index is 13.3. The highest BCUT2D eigenvalue weighted by atomic mass is 16.6. The smallest absolute Gasteiger partial charge is 0.410 e. The zero-order valence-electron chi connectivity index (χ0n) is 18.6. The van der Waals surface area contributed by atoms with Gasteiger partial charge in [-0.3, -0.25) is 14.3 Å². The number of benzene rings is 1. The molecule has 1 aliphatic heterocycles. The van der Waals surface area contributed by atoms with Crippen LogP contribution in [0.5, 0.6) is 0 Å². The van der Waals surface area contributed by atoms with Gasteiger partial charge in [-0.25, -0.2) is 4.79 Å². The lowest BCUT2D eigenvalue weighted by molar-refractivity contribution is 0.00383. The van der Waals surface area contributed by atoms with Gasteiger partial charge in [0.25, 0.3) is 11.8 Å². The van der Waals surface area contributed by atoms with Crippen molar-refractivity contribution in [3.05, 3.63) is 53.3 Å². The number of aryl methyl sites for hydroxylation is 1. The largest absolute Gasteiger partial charge is 0.444 e. The second-order valence-corrected chi connectivity index (χ2v) is 8.49. The van der Waals surface area contributed by atoms with Crippen molar-refractivity contribution in [2.24, 2.45) is 7.05 Å². The molecule has 3 amide bonds. The molecule has 31 heavy (non-hydrogen) atoms. The van der Waals surface area contributed by atoms with E-state index in [0.717, 1.165) is 5.56 Å². The molecule has 0 spiro atoms. The molecular formula is C22H29N5O4. The van der Waals surface area contributed by atoms with Crippen LogP contribution in [0.15, 0.2) is 36.5 Å². The van der Waals surface area contributed by atoms with Crippen molar-refractivity contribution in [2.45, 2.75) is 32.4 Å². The van der Waals surface area contributed by atoms with Crippen LogP contribution in [0.25, 0.3) is 0 Å². The molecule has 1 aromatic heterocycles. The monoisotopic (exact) mass is 427 g/mol. The SMILES string of the molecule is CNC(=O)c1cccc(C2CN(C(=O)OC(C)(C)C)CCN2C(=O)c2ccnn2C)c1. The lowest BCUT2D eigenvalue weighted by atomic mass is 9.99. The van der Waals surface area contributed by atoms with Gasteiger partial charge in [-0.1, -0.05) is 12.1 Å². The first-order valence-electron chi connectivity index (χ1n) is 10.2. The number of rotatable bonds is 3. The minimum Gasteiger partial charge on any atom is -0.444 e. The molecule has 0 saturated carbocycles. The van der Waals surface area contributed by atoms with Crippen molar-refractivity contribution in [1.29, 1.82) is 0 Å². The van der Waals surface area contributed by atoms with Crippen LogP contribution in [0, 0.1) is 0 Å². The average molecular weight is 428 g/mol. The molecule has 166 valence electrons. The average Bonchev–Trinajstić information content (AvgIpc) is 3.17. The van der Waals surface area contributed by atoms with Crippen LogP contribution in [0.4, 0.5) is 4.79 Å². The van der Waals surface area contributed by atoms with Crippen molar-refractivity contribution in [1.82, 2.24) is 24.9 Å². The molecule has 1 saturated heterocycles. The van der Waals surface area contributed by atoms with E-state index in [1.54, 1.807) is 54.4 Å². The summed E-state index contributed by atoms with van der Waals surface area (Å²) in [4.78, 5) is 41.5. The van der Waals surface area contributed by atoms with Gasteiger partial charge in [0, 0.05) is 45.5 Å². The van der Waals surface area contributed by atoms with Crippen LogP contribution in [0.1, 0.15) is 53.2 Å². The first-order chi connectivity index (χ1) is 14.6. The van der Waals surface area contributed by atoms with Crippen LogP contribution in [0.2, 0.25) is 0 Å². The molecule has 1 fully saturated rings. The number of carbonyl (C=O) groups excluding carboxylic acids is 3. The van der Waals surface area contributed by atoms with Gasteiger partial charge in [0.05, 0.1) is 6.04 Å². The number of hydrogen-bond acceptors (Lipinski definition) is 5. The van der Waals surface area contributed by atoms with Crippen LogP contribution in [-0.2, 0) is 11.8 Å². The first-order valence-corrected chi connectivity index (χ1v) is 10.2. The predicted octanol–water partition coefficient (Wildman–Crippen LogP) is 2.21. The Bertz CT molecular complexity index is 978. The van der Waals surface area contributed by atoms with E-state index >= 15 is 0 Å². The van der Waals surface area contributed by atoms with Gasteiger partial charge in [-0.15, -0.1) is 0 Å². The third-order valence-corrected chi connectivity index (χ3v) is 5.09. The Balaban J connectivity index is 1.94. The first kappa shape index (κ1) is 22.3. The maximum absolute atomic E-state index is 13.3. The zero-order chi connectivity index (χ0) is 22.8. The molecule has 1 aromatic carbocycles. The van der Waals surface area contributed by atoms with E-state index < -0.39 is 17.7 Å². The number of nitrogens with zero attached hydrogens (tertiary/aromatic N) is 4. The van der Waals surface area contributed by atoms with Crippen LogP contribution >= 0.6 is 0 Å². The summed E-state index contributed by atoms with van der Waals surface area (Å²) in [6.07, 6.45) is 1.15. The number of hydrogen-bond donors (Lipinski definition) is 1. The molecule has 0 radical (unpaired) electrons. The number of ether oxygens (including phenoxy) is 1. The molecule has 3 rings (SSSR count). The predicted molar refractivity (Wildman–Crippen MR) is 115 cm³/mol. The standard InChI is InChI=1S/C22H29N5O4/c1-22(2,3)31-21(30)26-11-12-27(20(29)17-9-10-24-25(17)5)18(14-26)15-7-6-8-16(13-15)19(28)23-4/h6-10,13,18H,11-12,14H2,1-5H3,(H,23,28). The van der Waals surface area contributed by atoms with Crippen molar-refractivity contribution in [2.75, 3.05) is 26.7 Å². The summed E-state index contributed by atoms with van der Waals surface area (Å²) in [6, 6.07) is 8.34. The Hall–Kier alpha value is -3.36. The van der Waals surface area contributed by atoms with Gasteiger partial charge in [0.2, 0.25) is 0 Å². The number of carbonyl (C=O) groups is 3. The summed E-state index contributed by atoms with van der Waals surface area (Å²) in [7, 11) is 3.28. The Kier molecular flexibility index (Phi) is 6.33. The molecule has 0 aliphatic carbocycles. The topological polar surface area (TPSA) is 96.8 Å². The van der Waals surface area contributed by atoms with E-state index in [4.69, 9.17) is 4.74 Å².